The Balaban J connectivity index is 1.36. The molecular weight excluding hydrogens is 458 g/mol. The number of hydrogen-bond acceptors (Lipinski definition) is 9. The topological polar surface area (TPSA) is 101 Å². The van der Waals surface area contributed by atoms with Gasteiger partial charge in [0.15, 0.2) is 5.78 Å². The number of esters is 1. The Hall–Kier alpha value is -3.11. The largest absolute Gasteiger partial charge is 0.462 e. The molecule has 0 aromatic heterocycles. The maximum atomic E-state index is 13.1. The molecular formula is C27H35N5O4. The van der Waals surface area contributed by atoms with E-state index in [4.69, 9.17) is 15.2 Å². The average Bonchev–Trinajstić information content (AvgIpc) is 2.90. The van der Waals surface area contributed by atoms with Crippen molar-refractivity contribution in [2.45, 2.75) is 12.6 Å². The Morgan fingerprint density at radius 3 is 2.47 bits per heavy atom. The number of hydrogen-bond donors (Lipinski definition) is 1. The van der Waals surface area contributed by atoms with Crippen molar-refractivity contribution in [3.05, 3.63) is 70.3 Å². The van der Waals surface area contributed by atoms with Crippen molar-refractivity contribution < 1.29 is 19.1 Å². The lowest BCUT2D eigenvalue weighted by Gasteiger charge is -2.34. The van der Waals surface area contributed by atoms with Crippen LogP contribution in [0.4, 0.5) is 0 Å². The number of nitrogens with zero attached hydrogens (tertiary/aromatic N) is 4. The first-order chi connectivity index (χ1) is 17.4. The third-order valence-electron chi connectivity index (χ3n) is 6.69. The number of carbonyl (C=O) groups is 2. The summed E-state index contributed by atoms with van der Waals surface area (Å²) in [7, 11) is 3.68. The molecule has 192 valence electrons. The summed E-state index contributed by atoms with van der Waals surface area (Å²) in [6, 6.07) is 13.2. The number of benzene rings is 2. The third kappa shape index (κ3) is 6.55. The van der Waals surface area contributed by atoms with Gasteiger partial charge in [0.1, 0.15) is 6.61 Å². The minimum absolute atomic E-state index is 0.0296. The molecule has 0 aliphatic carbocycles. The van der Waals surface area contributed by atoms with Crippen LogP contribution < -0.4 is 5.73 Å². The maximum Gasteiger partial charge on any atom is 0.320 e. The van der Waals surface area contributed by atoms with Crippen molar-refractivity contribution >= 4 is 18.0 Å². The van der Waals surface area contributed by atoms with Gasteiger partial charge in [-0.05, 0) is 36.2 Å². The van der Waals surface area contributed by atoms with Crippen molar-refractivity contribution in [3.63, 3.8) is 0 Å². The molecule has 2 aromatic rings. The summed E-state index contributed by atoms with van der Waals surface area (Å²) in [5.41, 5.74) is 10.6. The molecule has 1 fully saturated rings. The first-order valence-corrected chi connectivity index (χ1v) is 12.3. The fourth-order valence-corrected chi connectivity index (χ4v) is 4.43. The number of piperazine rings is 1. The van der Waals surface area contributed by atoms with Gasteiger partial charge in [-0.3, -0.25) is 19.5 Å². The predicted molar refractivity (Wildman–Crippen MR) is 138 cm³/mol. The van der Waals surface area contributed by atoms with E-state index in [1.54, 1.807) is 7.11 Å². The highest BCUT2D eigenvalue weighted by Crippen LogP contribution is 2.27. The van der Waals surface area contributed by atoms with Gasteiger partial charge in [0, 0.05) is 51.0 Å². The number of carbonyl (C=O) groups excluding carboxylic acids is 2. The van der Waals surface area contributed by atoms with Gasteiger partial charge in [0.25, 0.3) is 0 Å². The van der Waals surface area contributed by atoms with E-state index in [9.17, 15) is 9.59 Å². The molecule has 0 saturated carbocycles. The second kappa shape index (κ2) is 12.2. The molecule has 9 nitrogen and oxygen atoms in total. The standard InChI is InChI=1S/C27H35N5O4/c1-30-11-13-32(14-12-30)29-18-20-3-5-21(6-4-20)26(34)23-7-8-24-22(17-23)9-10-31(27(24)28)19-25(33)36-16-15-35-2/h3-8,17-18,27H,9-16,19,28H2,1-2H3. The number of methoxy groups -OCH3 is 1. The van der Waals surface area contributed by atoms with E-state index in [0.717, 1.165) is 42.9 Å². The summed E-state index contributed by atoms with van der Waals surface area (Å²) in [5.74, 6) is -0.354. The fraction of sp³-hybridized carbons (Fsp3) is 0.444. The highest BCUT2D eigenvalue weighted by molar-refractivity contribution is 6.09. The molecule has 2 aliphatic rings. The molecule has 0 spiro atoms. The Kier molecular flexibility index (Phi) is 8.82. The van der Waals surface area contributed by atoms with Crippen LogP contribution in [-0.4, -0.2) is 99.4 Å². The highest BCUT2D eigenvalue weighted by Gasteiger charge is 2.27. The summed E-state index contributed by atoms with van der Waals surface area (Å²) in [6.07, 6.45) is 2.13. The number of ketones is 1. The molecule has 2 heterocycles. The van der Waals surface area contributed by atoms with Crippen LogP contribution in [0.3, 0.4) is 0 Å². The van der Waals surface area contributed by atoms with Crippen LogP contribution in [0.5, 0.6) is 0 Å². The lowest BCUT2D eigenvalue weighted by atomic mass is 9.92. The SMILES string of the molecule is COCCOC(=O)CN1CCc2cc(C(=O)c3ccc(C=NN4CCN(C)CC4)cc3)ccc2C1N. The van der Waals surface area contributed by atoms with E-state index in [-0.39, 0.29) is 24.9 Å². The van der Waals surface area contributed by atoms with E-state index in [2.05, 4.69) is 22.1 Å². The second-order valence-electron chi connectivity index (χ2n) is 9.24. The number of nitrogens with two attached hydrogens (primary N) is 1. The van der Waals surface area contributed by atoms with Crippen LogP contribution in [0.1, 0.15) is 38.8 Å². The lowest BCUT2D eigenvalue weighted by molar-refractivity contribution is -0.147. The van der Waals surface area contributed by atoms with E-state index >= 15 is 0 Å². The van der Waals surface area contributed by atoms with Gasteiger partial charge >= 0.3 is 5.97 Å². The predicted octanol–water partition coefficient (Wildman–Crippen LogP) is 1.50. The van der Waals surface area contributed by atoms with Crippen LogP contribution in [0.25, 0.3) is 0 Å². The molecule has 0 radical (unpaired) electrons. The van der Waals surface area contributed by atoms with Gasteiger partial charge in [-0.15, -0.1) is 0 Å². The second-order valence-corrected chi connectivity index (χ2v) is 9.24. The molecule has 1 atom stereocenters. The van der Waals surface area contributed by atoms with Crippen LogP contribution >= 0.6 is 0 Å². The molecule has 2 aliphatic heterocycles. The van der Waals surface area contributed by atoms with E-state index < -0.39 is 6.17 Å². The lowest BCUT2D eigenvalue weighted by Crippen LogP contribution is -2.43. The van der Waals surface area contributed by atoms with Crippen molar-refractivity contribution in [1.82, 2.24) is 14.8 Å². The minimum atomic E-state index is -0.424. The summed E-state index contributed by atoms with van der Waals surface area (Å²) in [6.45, 7) is 5.19. The Morgan fingerprint density at radius 2 is 1.75 bits per heavy atom. The number of fused-ring (bicyclic) bond motifs is 1. The monoisotopic (exact) mass is 493 g/mol. The quantitative estimate of drug-likeness (QED) is 0.243. The number of rotatable bonds is 9. The number of likely N-dealkylation sites (N-methyl/N-ethyl adjacent to an activating group) is 1. The summed E-state index contributed by atoms with van der Waals surface area (Å²) < 4.78 is 10.1. The summed E-state index contributed by atoms with van der Waals surface area (Å²) >= 11 is 0. The Labute approximate surface area is 212 Å². The molecule has 36 heavy (non-hydrogen) atoms. The van der Waals surface area contributed by atoms with E-state index in [1.165, 1.54) is 0 Å². The van der Waals surface area contributed by atoms with Gasteiger partial charge in [0.2, 0.25) is 0 Å². The molecule has 2 N–H and O–H groups in total. The molecule has 2 aromatic carbocycles. The molecule has 0 bridgehead atoms. The van der Waals surface area contributed by atoms with Gasteiger partial charge < -0.3 is 20.1 Å². The van der Waals surface area contributed by atoms with E-state index in [0.29, 0.717) is 30.7 Å². The number of hydrazone groups is 1. The Morgan fingerprint density at radius 1 is 1.03 bits per heavy atom. The molecule has 1 unspecified atom stereocenters. The van der Waals surface area contributed by atoms with Crippen molar-refractivity contribution in [1.29, 1.82) is 0 Å². The fourth-order valence-electron chi connectivity index (χ4n) is 4.43. The van der Waals surface area contributed by atoms with Crippen molar-refractivity contribution in [2.75, 3.05) is 66.6 Å². The van der Waals surface area contributed by atoms with Crippen LogP contribution in [0, 0.1) is 0 Å². The summed E-state index contributed by atoms with van der Waals surface area (Å²) in [5, 5.41) is 6.64. The van der Waals surface area contributed by atoms with Gasteiger partial charge in [0.05, 0.1) is 25.5 Å². The molecule has 0 amide bonds. The maximum absolute atomic E-state index is 13.1. The zero-order valence-corrected chi connectivity index (χ0v) is 21.1. The Bertz CT molecular complexity index is 1080. The zero-order chi connectivity index (χ0) is 25.5. The van der Waals surface area contributed by atoms with Crippen LogP contribution in [0.2, 0.25) is 0 Å². The molecule has 1 saturated heterocycles. The molecule has 4 rings (SSSR count). The minimum Gasteiger partial charge on any atom is -0.462 e. The van der Waals surface area contributed by atoms with Crippen molar-refractivity contribution in [2.24, 2.45) is 10.8 Å². The summed E-state index contributed by atoms with van der Waals surface area (Å²) in [4.78, 5) is 29.4. The van der Waals surface area contributed by atoms with Crippen LogP contribution in [-0.2, 0) is 20.7 Å². The molecule has 9 heteroatoms. The van der Waals surface area contributed by atoms with E-state index in [1.807, 2.05) is 53.6 Å². The smallest absolute Gasteiger partial charge is 0.320 e. The first-order valence-electron chi connectivity index (χ1n) is 12.3. The zero-order valence-electron chi connectivity index (χ0n) is 21.1. The number of ether oxygens (including phenoxy) is 2. The first kappa shape index (κ1) is 26.0. The van der Waals surface area contributed by atoms with Gasteiger partial charge in [-0.1, -0.05) is 36.4 Å². The van der Waals surface area contributed by atoms with Crippen molar-refractivity contribution in [3.8, 4) is 0 Å². The van der Waals surface area contributed by atoms with Gasteiger partial charge in [-0.2, -0.15) is 5.10 Å². The highest BCUT2D eigenvalue weighted by atomic mass is 16.6. The average molecular weight is 494 g/mol. The normalized spacial score (nSPS) is 18.9. The van der Waals surface area contributed by atoms with Gasteiger partial charge in [-0.25, -0.2) is 0 Å². The van der Waals surface area contributed by atoms with Crippen LogP contribution in [0.15, 0.2) is 47.6 Å². The third-order valence-corrected chi connectivity index (χ3v) is 6.69.